The first-order valence-electron chi connectivity index (χ1n) is 8.31. The molecule has 0 radical (unpaired) electrons. The number of hydrogen-bond acceptors (Lipinski definition) is 6. The number of rotatable bonds is 1. The normalized spacial score (nSPS) is 14.2. The van der Waals surface area contributed by atoms with Crippen LogP contribution in [0.1, 0.15) is 38.5 Å². The number of nitrogens with two attached hydrogens (primary N) is 2. The summed E-state index contributed by atoms with van der Waals surface area (Å²) >= 11 is 0. The second-order valence-electron chi connectivity index (χ2n) is 6.07. The fraction of sp³-hybridized carbons (Fsp3) is 0.412. The van der Waals surface area contributed by atoms with Crippen LogP contribution in [0.15, 0.2) is 24.8 Å². The van der Waals surface area contributed by atoms with Crippen LogP contribution in [-0.4, -0.2) is 24.7 Å². The number of nitrogens with zero attached hydrogens (tertiary/aromatic N) is 5. The molecule has 3 heterocycles. The lowest BCUT2D eigenvalue weighted by Crippen LogP contribution is -1.99. The summed E-state index contributed by atoms with van der Waals surface area (Å²) in [4.78, 5) is 12.3. The molecule has 4 rings (SSSR count). The Morgan fingerprint density at radius 3 is 2.17 bits per heavy atom. The lowest BCUT2D eigenvalue weighted by molar-refractivity contribution is 0.504. The molecule has 3 aromatic rings. The lowest BCUT2D eigenvalue weighted by Gasteiger charge is -2.05. The first-order valence-corrected chi connectivity index (χ1v) is 8.31. The predicted molar refractivity (Wildman–Crippen MR) is 96.1 cm³/mol. The Morgan fingerprint density at radius 1 is 0.917 bits per heavy atom. The molecule has 126 valence electrons. The summed E-state index contributed by atoms with van der Waals surface area (Å²) in [5.41, 5.74) is 13.9. The minimum Gasteiger partial charge on any atom is -0.383 e. The van der Waals surface area contributed by atoms with Crippen LogP contribution >= 0.6 is 0 Å². The zero-order valence-corrected chi connectivity index (χ0v) is 13.9. The van der Waals surface area contributed by atoms with Crippen LogP contribution in [-0.2, 0) is 7.05 Å². The highest BCUT2D eigenvalue weighted by molar-refractivity contribution is 5.98. The number of nitrogen functional groups attached to an aromatic ring is 2. The third-order valence-corrected chi connectivity index (χ3v) is 4.19. The molecule has 0 saturated heterocycles. The number of fused-ring (bicyclic) bond motifs is 1. The summed E-state index contributed by atoms with van der Waals surface area (Å²) in [6, 6.07) is 0. The van der Waals surface area contributed by atoms with Crippen molar-refractivity contribution >= 4 is 22.7 Å². The average Bonchev–Trinajstić information content (AvgIpc) is 3.03. The van der Waals surface area contributed by atoms with Gasteiger partial charge in [0.1, 0.15) is 5.82 Å². The molecular weight excluding hydrogens is 302 g/mol. The Labute approximate surface area is 141 Å². The third kappa shape index (κ3) is 3.61. The van der Waals surface area contributed by atoms with Gasteiger partial charge in [-0.05, 0) is 0 Å². The van der Waals surface area contributed by atoms with Crippen molar-refractivity contribution in [2.24, 2.45) is 7.05 Å². The Morgan fingerprint density at radius 2 is 1.58 bits per heavy atom. The second-order valence-corrected chi connectivity index (χ2v) is 6.07. The number of hydrogen-bond donors (Lipinski definition) is 2. The van der Waals surface area contributed by atoms with Gasteiger partial charge in [0.15, 0.2) is 0 Å². The zero-order chi connectivity index (χ0) is 16.9. The van der Waals surface area contributed by atoms with Gasteiger partial charge in [-0.1, -0.05) is 38.5 Å². The van der Waals surface area contributed by atoms with Gasteiger partial charge in [-0.25, -0.2) is 15.0 Å². The van der Waals surface area contributed by atoms with Crippen molar-refractivity contribution in [2.45, 2.75) is 38.5 Å². The maximum atomic E-state index is 5.81. The molecule has 0 aliphatic heterocycles. The van der Waals surface area contributed by atoms with Crippen LogP contribution in [0.25, 0.3) is 22.0 Å². The number of aromatic nitrogens is 5. The van der Waals surface area contributed by atoms with E-state index in [1.807, 2.05) is 13.2 Å². The molecule has 1 aliphatic rings. The van der Waals surface area contributed by atoms with Gasteiger partial charge in [-0.3, -0.25) is 4.68 Å². The molecule has 7 nitrogen and oxygen atoms in total. The number of aryl methyl sites for hydroxylation is 1. The van der Waals surface area contributed by atoms with Gasteiger partial charge in [0.25, 0.3) is 0 Å². The number of pyridine rings is 1. The van der Waals surface area contributed by atoms with Crippen molar-refractivity contribution in [1.29, 1.82) is 0 Å². The van der Waals surface area contributed by atoms with Gasteiger partial charge in [-0.2, -0.15) is 5.10 Å². The minimum atomic E-state index is 0.207. The summed E-state index contributed by atoms with van der Waals surface area (Å²) < 4.78 is 1.71. The van der Waals surface area contributed by atoms with E-state index in [-0.39, 0.29) is 5.95 Å². The summed E-state index contributed by atoms with van der Waals surface area (Å²) in [6.45, 7) is 0. The molecule has 7 heteroatoms. The molecule has 1 saturated carbocycles. The second kappa shape index (κ2) is 7.25. The highest BCUT2D eigenvalue weighted by Crippen LogP contribution is 2.28. The van der Waals surface area contributed by atoms with Crippen molar-refractivity contribution in [3.63, 3.8) is 0 Å². The first kappa shape index (κ1) is 16.2. The smallest absolute Gasteiger partial charge is 0.220 e. The van der Waals surface area contributed by atoms with E-state index >= 15 is 0 Å². The van der Waals surface area contributed by atoms with E-state index in [0.717, 1.165) is 11.1 Å². The van der Waals surface area contributed by atoms with Crippen LogP contribution in [0, 0.1) is 0 Å². The summed E-state index contributed by atoms with van der Waals surface area (Å²) in [6.07, 6.45) is 15.9. The van der Waals surface area contributed by atoms with E-state index in [2.05, 4.69) is 20.1 Å². The standard InChI is InChI=1S/C11H11N7.C6H12/c1-18-5-6(2-16-18)7-3-14-10(12)8-4-15-11(13)17-9(7)8;1-2-4-6-5-3-1/h2-5H,1H3,(H2,12,14)(H2,13,15,17);1-6H2. The van der Waals surface area contributed by atoms with Crippen LogP contribution < -0.4 is 11.5 Å². The van der Waals surface area contributed by atoms with E-state index in [0.29, 0.717) is 16.7 Å². The molecule has 1 fully saturated rings. The van der Waals surface area contributed by atoms with E-state index in [4.69, 9.17) is 11.5 Å². The van der Waals surface area contributed by atoms with Crippen molar-refractivity contribution in [1.82, 2.24) is 24.7 Å². The fourth-order valence-electron chi connectivity index (χ4n) is 2.89. The van der Waals surface area contributed by atoms with Gasteiger partial charge in [-0.15, -0.1) is 0 Å². The van der Waals surface area contributed by atoms with E-state index in [1.54, 1.807) is 23.3 Å². The van der Waals surface area contributed by atoms with Gasteiger partial charge in [0.05, 0.1) is 17.1 Å². The average molecular weight is 325 g/mol. The zero-order valence-electron chi connectivity index (χ0n) is 13.9. The van der Waals surface area contributed by atoms with Crippen LogP contribution in [0.2, 0.25) is 0 Å². The van der Waals surface area contributed by atoms with Gasteiger partial charge >= 0.3 is 0 Å². The molecule has 1 aliphatic carbocycles. The fourth-order valence-corrected chi connectivity index (χ4v) is 2.89. The molecule has 3 aromatic heterocycles. The van der Waals surface area contributed by atoms with E-state index < -0.39 is 0 Å². The van der Waals surface area contributed by atoms with Crippen molar-refractivity contribution in [3.05, 3.63) is 24.8 Å². The molecule has 0 aromatic carbocycles. The Bertz CT molecular complexity index is 809. The molecular formula is C17H23N7. The summed E-state index contributed by atoms with van der Waals surface area (Å²) in [7, 11) is 1.85. The lowest BCUT2D eigenvalue weighted by atomic mass is 10.0. The Balaban J connectivity index is 0.000000238. The maximum absolute atomic E-state index is 5.81. The summed E-state index contributed by atoms with van der Waals surface area (Å²) in [5, 5.41) is 4.81. The highest BCUT2D eigenvalue weighted by atomic mass is 15.2. The predicted octanol–water partition coefficient (Wildman–Crippen LogP) is 2.93. The van der Waals surface area contributed by atoms with Crippen molar-refractivity contribution < 1.29 is 0 Å². The van der Waals surface area contributed by atoms with Crippen LogP contribution in [0.4, 0.5) is 11.8 Å². The third-order valence-electron chi connectivity index (χ3n) is 4.19. The molecule has 0 bridgehead atoms. The SMILES string of the molecule is C1CCCCC1.Cn1cc(-c2cnc(N)c3cnc(N)nc23)cn1. The summed E-state index contributed by atoms with van der Waals surface area (Å²) in [5.74, 6) is 0.593. The van der Waals surface area contributed by atoms with Gasteiger partial charge in [0, 0.05) is 36.8 Å². The molecule has 24 heavy (non-hydrogen) atoms. The molecule has 4 N–H and O–H groups in total. The van der Waals surface area contributed by atoms with Crippen molar-refractivity contribution in [3.8, 4) is 11.1 Å². The van der Waals surface area contributed by atoms with Gasteiger partial charge < -0.3 is 11.5 Å². The Kier molecular flexibility index (Phi) is 4.88. The minimum absolute atomic E-state index is 0.207. The van der Waals surface area contributed by atoms with E-state index in [9.17, 15) is 0 Å². The molecule has 0 amide bonds. The van der Waals surface area contributed by atoms with Crippen molar-refractivity contribution in [2.75, 3.05) is 11.5 Å². The highest BCUT2D eigenvalue weighted by Gasteiger charge is 2.11. The van der Waals surface area contributed by atoms with Crippen LogP contribution in [0.5, 0.6) is 0 Å². The molecule has 0 unspecified atom stereocenters. The van der Waals surface area contributed by atoms with Crippen LogP contribution in [0.3, 0.4) is 0 Å². The first-order chi connectivity index (χ1) is 11.6. The largest absolute Gasteiger partial charge is 0.383 e. The maximum Gasteiger partial charge on any atom is 0.220 e. The quantitative estimate of drug-likeness (QED) is 0.712. The monoisotopic (exact) mass is 325 g/mol. The number of anilines is 2. The van der Waals surface area contributed by atoms with Gasteiger partial charge in [0.2, 0.25) is 5.95 Å². The topological polar surface area (TPSA) is 109 Å². The van der Waals surface area contributed by atoms with E-state index in [1.165, 1.54) is 38.5 Å². The Hall–Kier alpha value is -2.70. The molecule has 0 spiro atoms. The molecule has 0 atom stereocenters.